The molecular formula is C27H46O4. The smallest absolute Gasteiger partial charge is 0.305 e. The van der Waals surface area contributed by atoms with Gasteiger partial charge in [-0.1, -0.05) is 76.7 Å². The molecular weight excluding hydrogens is 388 g/mol. The lowest BCUT2D eigenvalue weighted by molar-refractivity contribution is -0.143. The minimum atomic E-state index is -0.427. The highest BCUT2D eigenvalue weighted by Gasteiger charge is 2.44. The van der Waals surface area contributed by atoms with Crippen molar-refractivity contribution in [3.05, 3.63) is 23.8 Å². The number of aliphatic hydroxyl groups is 2. The monoisotopic (exact) mass is 434 g/mol. The van der Waals surface area contributed by atoms with Crippen LogP contribution in [0.3, 0.4) is 0 Å². The Morgan fingerprint density at radius 3 is 2.68 bits per heavy atom. The second kappa shape index (κ2) is 14.1. The summed E-state index contributed by atoms with van der Waals surface area (Å²) in [4.78, 5) is 11.9. The molecule has 0 aromatic heterocycles. The summed E-state index contributed by atoms with van der Waals surface area (Å²) in [7, 11) is 0. The Kier molecular flexibility index (Phi) is 11.9. The van der Waals surface area contributed by atoms with Gasteiger partial charge in [0.25, 0.3) is 0 Å². The molecule has 31 heavy (non-hydrogen) atoms. The molecule has 6 atom stereocenters. The fourth-order valence-corrected chi connectivity index (χ4v) is 5.13. The summed E-state index contributed by atoms with van der Waals surface area (Å²) in [5, 5.41) is 20.7. The highest BCUT2D eigenvalue weighted by molar-refractivity contribution is 5.69. The van der Waals surface area contributed by atoms with E-state index in [9.17, 15) is 15.0 Å². The van der Waals surface area contributed by atoms with Crippen molar-refractivity contribution in [2.24, 2.45) is 23.7 Å². The number of carbonyl (C=O) groups is 1. The van der Waals surface area contributed by atoms with Crippen LogP contribution in [0, 0.1) is 23.7 Å². The van der Waals surface area contributed by atoms with E-state index in [-0.39, 0.29) is 23.9 Å². The molecule has 2 aliphatic rings. The number of unbranched alkanes of at least 4 members (excludes halogenated alkanes) is 5. The molecule has 2 aliphatic carbocycles. The van der Waals surface area contributed by atoms with Gasteiger partial charge in [0.05, 0.1) is 18.8 Å². The number of hydrogen-bond donors (Lipinski definition) is 2. The van der Waals surface area contributed by atoms with Crippen molar-refractivity contribution in [2.75, 3.05) is 6.61 Å². The third kappa shape index (κ3) is 8.73. The molecule has 0 radical (unpaired) electrons. The van der Waals surface area contributed by atoms with Crippen molar-refractivity contribution in [3.63, 3.8) is 0 Å². The van der Waals surface area contributed by atoms with Gasteiger partial charge >= 0.3 is 5.97 Å². The summed E-state index contributed by atoms with van der Waals surface area (Å²) in [5.74, 6) is 1.37. The first kappa shape index (κ1) is 26.1. The van der Waals surface area contributed by atoms with E-state index < -0.39 is 6.10 Å². The third-order valence-electron chi connectivity index (χ3n) is 7.40. The predicted octanol–water partition coefficient (Wildman–Crippen LogP) is 5.97. The molecule has 4 heteroatoms. The standard InChI is InChI=1S/C27H46O4/c1-4-6-7-8-11-16-31-27(30)13-10-9-12-21-17-22-19-26(29)23(24(22)18-21)14-15-25(28)20(3)5-2/h12,14-15,20,22-26,28-29H,4-11,13,16-19H2,1-3H3/b15-14+,21-12+/t20?,22-,23+,24-,25+,26+/m0/s1. The Balaban J connectivity index is 1.67. The van der Waals surface area contributed by atoms with Gasteiger partial charge in [0, 0.05) is 12.3 Å². The van der Waals surface area contributed by atoms with Gasteiger partial charge in [0.15, 0.2) is 0 Å². The predicted molar refractivity (Wildman–Crippen MR) is 127 cm³/mol. The fraction of sp³-hybridized carbons (Fsp3) is 0.815. The van der Waals surface area contributed by atoms with E-state index in [0.717, 1.165) is 51.4 Å². The van der Waals surface area contributed by atoms with E-state index in [1.807, 2.05) is 6.08 Å². The molecule has 1 unspecified atom stereocenters. The SMILES string of the molecule is CCCCCCCOC(=O)CCC/C=C1\C[C@H]2C[C@@H](O)[C@H](/C=C/[C@@H](O)C(C)CC)[C@H]2C1. The van der Waals surface area contributed by atoms with Crippen molar-refractivity contribution in [1.82, 2.24) is 0 Å². The third-order valence-corrected chi connectivity index (χ3v) is 7.40. The summed E-state index contributed by atoms with van der Waals surface area (Å²) in [5.41, 5.74) is 1.48. The molecule has 4 nitrogen and oxygen atoms in total. The zero-order valence-corrected chi connectivity index (χ0v) is 20.1. The maximum Gasteiger partial charge on any atom is 0.305 e. The number of esters is 1. The van der Waals surface area contributed by atoms with Crippen LogP contribution in [-0.4, -0.2) is 35.0 Å². The Morgan fingerprint density at radius 1 is 1.16 bits per heavy atom. The molecule has 0 bridgehead atoms. The summed E-state index contributed by atoms with van der Waals surface area (Å²) in [6, 6.07) is 0. The van der Waals surface area contributed by atoms with Gasteiger partial charge in [-0.2, -0.15) is 0 Å². The minimum absolute atomic E-state index is 0.0645. The van der Waals surface area contributed by atoms with Gasteiger partial charge in [0.2, 0.25) is 0 Å². The van der Waals surface area contributed by atoms with Crippen molar-refractivity contribution < 1.29 is 19.7 Å². The van der Waals surface area contributed by atoms with E-state index in [0.29, 0.717) is 24.9 Å². The second-order valence-electron chi connectivity index (χ2n) is 9.86. The van der Waals surface area contributed by atoms with E-state index in [2.05, 4.69) is 32.9 Å². The summed E-state index contributed by atoms with van der Waals surface area (Å²) >= 11 is 0. The van der Waals surface area contributed by atoms with E-state index in [4.69, 9.17) is 4.74 Å². The van der Waals surface area contributed by atoms with E-state index in [1.54, 1.807) is 0 Å². The van der Waals surface area contributed by atoms with Gasteiger partial charge in [-0.25, -0.2) is 0 Å². The molecule has 2 rings (SSSR count). The number of rotatable bonds is 14. The highest BCUT2D eigenvalue weighted by atomic mass is 16.5. The number of aliphatic hydroxyl groups excluding tert-OH is 2. The first-order chi connectivity index (χ1) is 15.0. The Morgan fingerprint density at radius 2 is 1.94 bits per heavy atom. The second-order valence-corrected chi connectivity index (χ2v) is 9.86. The summed E-state index contributed by atoms with van der Waals surface area (Å²) in [6.07, 6.45) is 17.6. The molecule has 0 aromatic carbocycles. The first-order valence-corrected chi connectivity index (χ1v) is 12.8. The lowest BCUT2D eigenvalue weighted by atomic mass is 9.89. The molecule has 178 valence electrons. The number of fused-ring (bicyclic) bond motifs is 1. The van der Waals surface area contributed by atoms with Crippen LogP contribution >= 0.6 is 0 Å². The lowest BCUT2D eigenvalue weighted by Crippen LogP contribution is -2.19. The summed E-state index contributed by atoms with van der Waals surface area (Å²) in [6.45, 7) is 6.91. The first-order valence-electron chi connectivity index (χ1n) is 12.8. The Labute approximate surface area is 190 Å². The van der Waals surface area contributed by atoms with Gasteiger partial charge in [-0.05, 0) is 56.3 Å². The van der Waals surface area contributed by atoms with E-state index >= 15 is 0 Å². The Hall–Kier alpha value is -1.13. The Bertz CT molecular complexity index is 582. The summed E-state index contributed by atoms with van der Waals surface area (Å²) < 4.78 is 5.34. The molecule has 0 saturated heterocycles. The van der Waals surface area contributed by atoms with Crippen LogP contribution in [0.5, 0.6) is 0 Å². The molecule has 2 saturated carbocycles. The van der Waals surface area contributed by atoms with E-state index in [1.165, 1.54) is 24.8 Å². The number of allylic oxidation sites excluding steroid dienone is 2. The zero-order valence-electron chi connectivity index (χ0n) is 20.1. The average Bonchev–Trinajstić information content (AvgIpc) is 3.27. The van der Waals surface area contributed by atoms with Crippen LogP contribution in [0.25, 0.3) is 0 Å². The quantitative estimate of drug-likeness (QED) is 0.201. The molecule has 0 heterocycles. The molecule has 0 aromatic rings. The number of hydrogen-bond acceptors (Lipinski definition) is 4. The fourth-order valence-electron chi connectivity index (χ4n) is 5.13. The highest BCUT2D eigenvalue weighted by Crippen LogP contribution is 2.50. The number of carbonyl (C=O) groups excluding carboxylic acids is 1. The number of ether oxygens (including phenoxy) is 1. The van der Waals surface area contributed by atoms with Crippen LogP contribution in [-0.2, 0) is 9.53 Å². The van der Waals surface area contributed by atoms with Crippen LogP contribution < -0.4 is 0 Å². The molecule has 0 amide bonds. The minimum Gasteiger partial charge on any atom is -0.466 e. The average molecular weight is 435 g/mol. The molecule has 0 spiro atoms. The largest absolute Gasteiger partial charge is 0.466 e. The molecule has 2 N–H and O–H groups in total. The van der Waals surface area contributed by atoms with Crippen molar-refractivity contribution in [3.8, 4) is 0 Å². The van der Waals surface area contributed by atoms with Crippen LogP contribution in [0.15, 0.2) is 23.8 Å². The van der Waals surface area contributed by atoms with Gasteiger partial charge in [-0.3, -0.25) is 4.79 Å². The maximum atomic E-state index is 11.9. The maximum absolute atomic E-state index is 11.9. The molecule has 0 aliphatic heterocycles. The van der Waals surface area contributed by atoms with Crippen molar-refractivity contribution in [2.45, 2.75) is 110 Å². The zero-order chi connectivity index (χ0) is 22.6. The van der Waals surface area contributed by atoms with Gasteiger partial charge in [0.1, 0.15) is 0 Å². The van der Waals surface area contributed by atoms with Crippen molar-refractivity contribution in [1.29, 1.82) is 0 Å². The molecule has 2 fully saturated rings. The van der Waals surface area contributed by atoms with Gasteiger partial charge in [-0.15, -0.1) is 0 Å². The van der Waals surface area contributed by atoms with Crippen LogP contribution in [0.4, 0.5) is 0 Å². The van der Waals surface area contributed by atoms with Gasteiger partial charge < -0.3 is 14.9 Å². The lowest BCUT2D eigenvalue weighted by Gasteiger charge is -2.19. The van der Waals surface area contributed by atoms with Crippen molar-refractivity contribution >= 4 is 5.97 Å². The van der Waals surface area contributed by atoms with Crippen LogP contribution in [0.1, 0.15) is 97.8 Å². The normalized spacial score (nSPS) is 28.9. The van der Waals surface area contributed by atoms with Crippen LogP contribution in [0.2, 0.25) is 0 Å². The topological polar surface area (TPSA) is 66.8 Å².